The van der Waals surface area contributed by atoms with E-state index in [9.17, 15) is 9.59 Å². The summed E-state index contributed by atoms with van der Waals surface area (Å²) >= 11 is 1.40. The Morgan fingerprint density at radius 3 is 2.58 bits per heavy atom. The minimum absolute atomic E-state index is 0.102. The Kier molecular flexibility index (Phi) is 6.26. The molecular formula is C18H20N2O3S. The molecule has 2 rings (SSSR count). The summed E-state index contributed by atoms with van der Waals surface area (Å²) in [6.45, 7) is 0. The van der Waals surface area contributed by atoms with Crippen molar-refractivity contribution in [2.24, 2.45) is 0 Å². The van der Waals surface area contributed by atoms with Crippen molar-refractivity contribution in [2.75, 3.05) is 32.3 Å². The van der Waals surface area contributed by atoms with E-state index < -0.39 is 0 Å². The number of rotatable bonds is 6. The minimum atomic E-state index is -0.139. The smallest absolute Gasteiger partial charge is 0.253 e. The number of ether oxygens (including phenoxy) is 1. The van der Waals surface area contributed by atoms with Crippen molar-refractivity contribution in [2.45, 2.75) is 4.90 Å². The lowest BCUT2D eigenvalue weighted by atomic mass is 10.2. The van der Waals surface area contributed by atoms with Gasteiger partial charge in [0.1, 0.15) is 5.75 Å². The van der Waals surface area contributed by atoms with Crippen molar-refractivity contribution < 1.29 is 14.3 Å². The molecule has 0 unspecified atom stereocenters. The molecule has 6 heteroatoms. The zero-order valence-electron chi connectivity index (χ0n) is 13.9. The molecule has 0 radical (unpaired) electrons. The molecule has 0 aliphatic rings. The summed E-state index contributed by atoms with van der Waals surface area (Å²) in [6, 6.07) is 14.5. The highest BCUT2D eigenvalue weighted by atomic mass is 32.2. The number of methoxy groups -OCH3 is 1. The summed E-state index contributed by atoms with van der Waals surface area (Å²) in [4.78, 5) is 26.5. The lowest BCUT2D eigenvalue weighted by Crippen LogP contribution is -2.22. The van der Waals surface area contributed by atoms with Gasteiger partial charge in [0.2, 0.25) is 5.91 Å². The molecule has 24 heavy (non-hydrogen) atoms. The number of nitrogens with one attached hydrogen (secondary N) is 1. The van der Waals surface area contributed by atoms with Crippen LogP contribution in [0.3, 0.4) is 0 Å². The number of hydrogen-bond donors (Lipinski definition) is 1. The molecule has 0 bridgehead atoms. The highest BCUT2D eigenvalue weighted by Crippen LogP contribution is 2.28. The average molecular weight is 344 g/mol. The van der Waals surface area contributed by atoms with E-state index >= 15 is 0 Å². The van der Waals surface area contributed by atoms with Crippen molar-refractivity contribution in [3.8, 4) is 5.75 Å². The molecule has 0 saturated heterocycles. The van der Waals surface area contributed by atoms with E-state index in [0.29, 0.717) is 11.3 Å². The summed E-state index contributed by atoms with van der Waals surface area (Å²) in [7, 11) is 4.99. The van der Waals surface area contributed by atoms with E-state index in [2.05, 4.69) is 5.32 Å². The van der Waals surface area contributed by atoms with Gasteiger partial charge in [0.25, 0.3) is 5.91 Å². The first kappa shape index (κ1) is 17.9. The fourth-order valence-corrected chi connectivity index (χ4v) is 2.89. The third kappa shape index (κ3) is 4.76. The van der Waals surface area contributed by atoms with Crippen LogP contribution >= 0.6 is 11.8 Å². The molecule has 2 aromatic carbocycles. The predicted molar refractivity (Wildman–Crippen MR) is 96.8 cm³/mol. The molecule has 0 atom stereocenters. The van der Waals surface area contributed by atoms with Crippen LogP contribution in [0.5, 0.6) is 5.75 Å². The Hall–Kier alpha value is -2.47. The van der Waals surface area contributed by atoms with E-state index in [1.807, 2.05) is 24.3 Å². The third-order valence-electron chi connectivity index (χ3n) is 3.23. The summed E-state index contributed by atoms with van der Waals surface area (Å²) in [6.07, 6.45) is 0. The second-order valence-corrected chi connectivity index (χ2v) is 6.29. The molecular weight excluding hydrogens is 324 g/mol. The fourth-order valence-electron chi connectivity index (χ4n) is 2.07. The number of para-hydroxylation sites is 1. The lowest BCUT2D eigenvalue weighted by molar-refractivity contribution is -0.113. The Labute approximate surface area is 146 Å². The highest BCUT2D eigenvalue weighted by molar-refractivity contribution is 8.00. The van der Waals surface area contributed by atoms with Crippen LogP contribution in [0, 0.1) is 0 Å². The number of nitrogens with zero attached hydrogens (tertiary/aromatic N) is 1. The number of anilines is 1. The van der Waals surface area contributed by atoms with E-state index in [1.54, 1.807) is 45.5 Å². The van der Waals surface area contributed by atoms with Crippen LogP contribution in [-0.2, 0) is 4.79 Å². The monoisotopic (exact) mass is 344 g/mol. The number of hydrogen-bond acceptors (Lipinski definition) is 4. The molecule has 0 heterocycles. The topological polar surface area (TPSA) is 58.6 Å². The SMILES string of the molecule is COc1ccccc1SCC(=O)Nc1cccc(C(=O)N(C)C)c1. The molecule has 0 aliphatic carbocycles. The second kappa shape index (κ2) is 8.40. The fraction of sp³-hybridized carbons (Fsp3) is 0.222. The van der Waals surface area contributed by atoms with Crippen molar-refractivity contribution in [3.05, 3.63) is 54.1 Å². The Bertz CT molecular complexity index is 732. The van der Waals surface area contributed by atoms with Gasteiger partial charge < -0.3 is 15.0 Å². The van der Waals surface area contributed by atoms with E-state index in [0.717, 1.165) is 10.6 Å². The van der Waals surface area contributed by atoms with Crippen LogP contribution in [0.2, 0.25) is 0 Å². The van der Waals surface area contributed by atoms with Crippen LogP contribution in [0.25, 0.3) is 0 Å². The number of carbonyl (C=O) groups excluding carboxylic acids is 2. The summed E-state index contributed by atoms with van der Waals surface area (Å²) in [5, 5.41) is 2.81. The number of carbonyl (C=O) groups is 2. The first-order valence-electron chi connectivity index (χ1n) is 7.38. The molecule has 1 N–H and O–H groups in total. The van der Waals surface area contributed by atoms with Crippen molar-refractivity contribution in [3.63, 3.8) is 0 Å². The molecule has 2 amide bonds. The van der Waals surface area contributed by atoms with Crippen LogP contribution in [0.4, 0.5) is 5.69 Å². The molecule has 0 saturated carbocycles. The van der Waals surface area contributed by atoms with Gasteiger partial charge in [0.15, 0.2) is 0 Å². The zero-order valence-corrected chi connectivity index (χ0v) is 14.7. The summed E-state index contributed by atoms with van der Waals surface area (Å²) in [5.74, 6) is 0.760. The van der Waals surface area contributed by atoms with Gasteiger partial charge in [-0.3, -0.25) is 9.59 Å². The number of benzene rings is 2. The maximum Gasteiger partial charge on any atom is 0.253 e. The second-order valence-electron chi connectivity index (χ2n) is 5.27. The maximum atomic E-state index is 12.1. The van der Waals surface area contributed by atoms with Gasteiger partial charge in [-0.2, -0.15) is 0 Å². The van der Waals surface area contributed by atoms with Gasteiger partial charge in [-0.05, 0) is 30.3 Å². The van der Waals surface area contributed by atoms with Gasteiger partial charge in [0.05, 0.1) is 12.9 Å². The molecule has 2 aromatic rings. The highest BCUT2D eigenvalue weighted by Gasteiger charge is 2.10. The van der Waals surface area contributed by atoms with Gasteiger partial charge in [0, 0.05) is 30.2 Å². The molecule has 0 fully saturated rings. The van der Waals surface area contributed by atoms with Gasteiger partial charge in [-0.1, -0.05) is 18.2 Å². The standard InChI is InChI=1S/C18H20N2O3S/c1-20(2)18(22)13-7-6-8-14(11-13)19-17(21)12-24-16-10-5-4-9-15(16)23-3/h4-11H,12H2,1-3H3,(H,19,21). The van der Waals surface area contributed by atoms with Crippen LogP contribution in [0.15, 0.2) is 53.4 Å². The quantitative estimate of drug-likeness (QED) is 0.818. The largest absolute Gasteiger partial charge is 0.496 e. The molecule has 0 spiro atoms. The first-order chi connectivity index (χ1) is 11.5. The zero-order chi connectivity index (χ0) is 17.5. The van der Waals surface area contributed by atoms with Crippen molar-refractivity contribution in [1.82, 2.24) is 4.90 Å². The number of amides is 2. The molecule has 0 aromatic heterocycles. The van der Waals surface area contributed by atoms with Gasteiger partial charge in [-0.15, -0.1) is 11.8 Å². The normalized spacial score (nSPS) is 10.1. The average Bonchev–Trinajstić information content (AvgIpc) is 2.59. The van der Waals surface area contributed by atoms with Gasteiger partial charge in [-0.25, -0.2) is 0 Å². The van der Waals surface area contributed by atoms with E-state index in [4.69, 9.17) is 4.74 Å². The molecule has 5 nitrogen and oxygen atoms in total. The Morgan fingerprint density at radius 2 is 1.88 bits per heavy atom. The molecule has 126 valence electrons. The Morgan fingerprint density at radius 1 is 1.12 bits per heavy atom. The third-order valence-corrected chi connectivity index (χ3v) is 4.28. The lowest BCUT2D eigenvalue weighted by Gasteiger charge is -2.12. The van der Waals surface area contributed by atoms with Crippen LogP contribution in [-0.4, -0.2) is 43.7 Å². The number of thioether (sulfide) groups is 1. The van der Waals surface area contributed by atoms with E-state index in [1.165, 1.54) is 16.7 Å². The summed E-state index contributed by atoms with van der Waals surface area (Å²) in [5.41, 5.74) is 1.14. The molecule has 0 aliphatic heterocycles. The summed E-state index contributed by atoms with van der Waals surface area (Å²) < 4.78 is 5.27. The first-order valence-corrected chi connectivity index (χ1v) is 8.37. The van der Waals surface area contributed by atoms with Crippen LogP contribution in [0.1, 0.15) is 10.4 Å². The van der Waals surface area contributed by atoms with Gasteiger partial charge >= 0.3 is 0 Å². The Balaban J connectivity index is 1.97. The maximum absolute atomic E-state index is 12.1. The van der Waals surface area contributed by atoms with Crippen LogP contribution < -0.4 is 10.1 Å². The van der Waals surface area contributed by atoms with Crippen molar-refractivity contribution >= 4 is 29.3 Å². The van der Waals surface area contributed by atoms with E-state index in [-0.39, 0.29) is 17.6 Å². The van der Waals surface area contributed by atoms with Crippen molar-refractivity contribution in [1.29, 1.82) is 0 Å². The predicted octanol–water partition coefficient (Wildman–Crippen LogP) is 3.13. The minimum Gasteiger partial charge on any atom is -0.496 e.